The smallest absolute Gasteiger partial charge is 0.247 e. The first-order valence-electron chi connectivity index (χ1n) is 11.1. The Balaban J connectivity index is 1.45. The van der Waals surface area contributed by atoms with Gasteiger partial charge in [-0.05, 0) is 53.6 Å². The highest BCUT2D eigenvalue weighted by Gasteiger charge is 2.64. The zero-order valence-electron chi connectivity index (χ0n) is 18.0. The van der Waals surface area contributed by atoms with Gasteiger partial charge in [0.05, 0.1) is 23.6 Å². The summed E-state index contributed by atoms with van der Waals surface area (Å²) < 4.78 is 0.855. The van der Waals surface area contributed by atoms with Crippen molar-refractivity contribution >= 4 is 51.1 Å². The summed E-state index contributed by atoms with van der Waals surface area (Å²) in [6.45, 7) is 0. The first-order valence-corrected chi connectivity index (χ1v) is 11.9. The summed E-state index contributed by atoms with van der Waals surface area (Å²) in [5.74, 6) is -2.36. The molecule has 1 N–H and O–H groups in total. The number of para-hydroxylation sites is 1. The van der Waals surface area contributed by atoms with Crippen molar-refractivity contribution in [2.45, 2.75) is 12.1 Å². The van der Waals surface area contributed by atoms with E-state index in [2.05, 4.69) is 21.2 Å². The number of hydrogen-bond donors (Lipinski definition) is 1. The lowest BCUT2D eigenvalue weighted by atomic mass is 9.84. The fourth-order valence-electron chi connectivity index (χ4n) is 5.44. The molecular weight excluding hydrogens is 494 g/mol. The second kappa shape index (κ2) is 7.95. The zero-order chi connectivity index (χ0) is 23.4. The van der Waals surface area contributed by atoms with E-state index in [1.54, 1.807) is 36.4 Å². The molecule has 168 valence electrons. The number of nitrogens with one attached hydrogen (secondary N) is 1. The number of carbonyl (C=O) groups excluding carboxylic acids is 3. The van der Waals surface area contributed by atoms with E-state index in [1.807, 2.05) is 59.6 Å². The van der Waals surface area contributed by atoms with E-state index >= 15 is 0 Å². The van der Waals surface area contributed by atoms with Crippen LogP contribution < -0.4 is 10.2 Å². The van der Waals surface area contributed by atoms with Crippen LogP contribution in [0.15, 0.2) is 89.5 Å². The Morgan fingerprint density at radius 2 is 1.50 bits per heavy atom. The molecule has 34 heavy (non-hydrogen) atoms. The predicted octanol–water partition coefficient (Wildman–Crippen LogP) is 4.60. The van der Waals surface area contributed by atoms with Crippen LogP contribution in [0.4, 0.5) is 11.4 Å². The monoisotopic (exact) mass is 513 g/mol. The molecule has 3 amide bonds. The predicted molar refractivity (Wildman–Crippen MR) is 133 cm³/mol. The van der Waals surface area contributed by atoms with Crippen LogP contribution in [0.1, 0.15) is 17.2 Å². The molecule has 0 bridgehead atoms. The number of fused-ring (bicyclic) bond motifs is 5. The third-order valence-electron chi connectivity index (χ3n) is 6.86. The van der Waals surface area contributed by atoms with E-state index < -0.39 is 23.9 Å². The first-order chi connectivity index (χ1) is 16.5. The van der Waals surface area contributed by atoms with Gasteiger partial charge in [0, 0.05) is 16.4 Å². The Bertz CT molecular complexity index is 1340. The third-order valence-corrected chi connectivity index (χ3v) is 7.39. The summed E-state index contributed by atoms with van der Waals surface area (Å²) in [4.78, 5) is 44.3. The third kappa shape index (κ3) is 3.11. The second-order valence-electron chi connectivity index (χ2n) is 8.68. The van der Waals surface area contributed by atoms with Gasteiger partial charge in [-0.2, -0.15) is 0 Å². The fraction of sp³-hybridized carbons (Fsp3) is 0.148. The first kappa shape index (κ1) is 20.9. The number of hydrogen-bond acceptors (Lipinski definition) is 4. The second-order valence-corrected chi connectivity index (χ2v) is 9.59. The number of rotatable bonds is 3. The number of halogens is 1. The Hall–Kier alpha value is -3.71. The standard InChI is InChI=1S/C27H20BrN3O3/c28-17-10-12-19(13-11-17)31-26(33)21-22(27(31)34)24(25(32)29-18-7-2-1-3-8-18)30-15-14-16-6-4-5-9-20(16)23(21)30/h1-15,21-24H,(H,29,32)/t21-,22+,23+,24+/m0/s1. The summed E-state index contributed by atoms with van der Waals surface area (Å²) in [7, 11) is 0. The van der Waals surface area contributed by atoms with Crippen molar-refractivity contribution in [3.05, 3.63) is 101 Å². The lowest BCUT2D eigenvalue weighted by Crippen LogP contribution is -2.46. The van der Waals surface area contributed by atoms with Crippen molar-refractivity contribution in [3.63, 3.8) is 0 Å². The molecule has 0 saturated carbocycles. The lowest BCUT2D eigenvalue weighted by Gasteiger charge is -2.35. The highest BCUT2D eigenvalue weighted by atomic mass is 79.9. The van der Waals surface area contributed by atoms with Gasteiger partial charge in [0.2, 0.25) is 17.7 Å². The molecular formula is C27H20BrN3O3. The molecule has 0 unspecified atom stereocenters. The zero-order valence-corrected chi connectivity index (χ0v) is 19.6. The van der Waals surface area contributed by atoms with Gasteiger partial charge in [-0.1, -0.05) is 58.4 Å². The summed E-state index contributed by atoms with van der Waals surface area (Å²) >= 11 is 3.40. The van der Waals surface area contributed by atoms with Crippen molar-refractivity contribution in [1.29, 1.82) is 0 Å². The Morgan fingerprint density at radius 1 is 0.824 bits per heavy atom. The Kier molecular flexibility index (Phi) is 4.88. The minimum atomic E-state index is -0.809. The molecule has 3 aromatic rings. The Labute approximate surface area is 205 Å². The number of amides is 3. The van der Waals surface area contributed by atoms with Gasteiger partial charge in [-0.3, -0.25) is 14.4 Å². The van der Waals surface area contributed by atoms with Crippen LogP contribution in [0.5, 0.6) is 0 Å². The van der Waals surface area contributed by atoms with E-state index in [0.29, 0.717) is 11.4 Å². The van der Waals surface area contributed by atoms with Crippen molar-refractivity contribution in [2.75, 3.05) is 10.2 Å². The van der Waals surface area contributed by atoms with Gasteiger partial charge >= 0.3 is 0 Å². The van der Waals surface area contributed by atoms with Crippen molar-refractivity contribution < 1.29 is 14.4 Å². The molecule has 4 atom stereocenters. The normalized spacial score (nSPS) is 24.6. The SMILES string of the molecule is O=C(Nc1ccccc1)[C@H]1[C@@H]2C(=O)N(c3ccc(Br)cc3)C(=O)[C@@H]2[C@H]2c3ccccc3C=CN21. The van der Waals surface area contributed by atoms with Crippen LogP contribution in [-0.2, 0) is 14.4 Å². The highest BCUT2D eigenvalue weighted by Crippen LogP contribution is 2.53. The summed E-state index contributed by atoms with van der Waals surface area (Å²) in [5, 5.41) is 2.95. The molecule has 0 radical (unpaired) electrons. The van der Waals surface area contributed by atoms with Crippen molar-refractivity contribution in [3.8, 4) is 0 Å². The van der Waals surface area contributed by atoms with Gasteiger partial charge in [0.1, 0.15) is 6.04 Å². The molecule has 6 rings (SSSR count). The van der Waals surface area contributed by atoms with Crippen molar-refractivity contribution in [2.24, 2.45) is 11.8 Å². The quantitative estimate of drug-likeness (QED) is 0.519. The van der Waals surface area contributed by atoms with Gasteiger partial charge in [0.15, 0.2) is 0 Å². The van der Waals surface area contributed by atoms with E-state index in [1.165, 1.54) is 4.90 Å². The average Bonchev–Trinajstić information content (AvgIpc) is 3.33. The van der Waals surface area contributed by atoms with E-state index in [4.69, 9.17) is 0 Å². The topological polar surface area (TPSA) is 69.7 Å². The highest BCUT2D eigenvalue weighted by molar-refractivity contribution is 9.10. The lowest BCUT2D eigenvalue weighted by molar-refractivity contribution is -0.128. The van der Waals surface area contributed by atoms with Gasteiger partial charge < -0.3 is 10.2 Å². The summed E-state index contributed by atoms with van der Waals surface area (Å²) in [6, 6.07) is 22.9. The number of nitrogens with zero attached hydrogens (tertiary/aromatic N) is 2. The summed E-state index contributed by atoms with van der Waals surface area (Å²) in [6.07, 6.45) is 3.79. The molecule has 2 saturated heterocycles. The molecule has 0 spiro atoms. The van der Waals surface area contributed by atoms with Crippen LogP contribution in [0, 0.1) is 11.8 Å². The van der Waals surface area contributed by atoms with E-state index in [9.17, 15) is 14.4 Å². The van der Waals surface area contributed by atoms with Crippen LogP contribution in [0.25, 0.3) is 6.08 Å². The van der Waals surface area contributed by atoms with Crippen molar-refractivity contribution in [1.82, 2.24) is 4.90 Å². The molecule has 3 aliphatic heterocycles. The molecule has 0 aromatic heterocycles. The maximum absolute atomic E-state index is 13.8. The molecule has 3 heterocycles. The number of carbonyl (C=O) groups is 3. The Morgan fingerprint density at radius 3 is 2.26 bits per heavy atom. The van der Waals surface area contributed by atoms with Gasteiger partial charge in [-0.15, -0.1) is 0 Å². The minimum absolute atomic E-state index is 0.271. The van der Waals surface area contributed by atoms with Crippen LogP contribution >= 0.6 is 15.9 Å². The molecule has 2 fully saturated rings. The van der Waals surface area contributed by atoms with Crippen LogP contribution in [0.3, 0.4) is 0 Å². The number of anilines is 2. The molecule has 7 heteroatoms. The van der Waals surface area contributed by atoms with E-state index in [0.717, 1.165) is 15.6 Å². The van der Waals surface area contributed by atoms with Crippen LogP contribution in [-0.4, -0.2) is 28.7 Å². The maximum Gasteiger partial charge on any atom is 0.247 e. The summed E-state index contributed by atoms with van der Waals surface area (Å²) in [5.41, 5.74) is 3.11. The molecule has 3 aliphatic rings. The molecule has 3 aromatic carbocycles. The molecule has 0 aliphatic carbocycles. The van der Waals surface area contributed by atoms with Gasteiger partial charge in [-0.25, -0.2) is 4.90 Å². The number of imide groups is 1. The van der Waals surface area contributed by atoms with Gasteiger partial charge in [0.25, 0.3) is 0 Å². The van der Waals surface area contributed by atoms with E-state index in [-0.39, 0.29) is 17.7 Å². The average molecular weight is 514 g/mol. The number of benzene rings is 3. The molecule has 6 nitrogen and oxygen atoms in total. The van der Waals surface area contributed by atoms with Crippen LogP contribution in [0.2, 0.25) is 0 Å². The minimum Gasteiger partial charge on any atom is -0.357 e. The fourth-order valence-corrected chi connectivity index (χ4v) is 5.70. The largest absolute Gasteiger partial charge is 0.357 e. The maximum atomic E-state index is 13.8.